The van der Waals surface area contributed by atoms with Crippen molar-refractivity contribution in [3.63, 3.8) is 0 Å². The summed E-state index contributed by atoms with van der Waals surface area (Å²) in [5.74, 6) is -1.06. The highest BCUT2D eigenvalue weighted by Gasteiger charge is 2.14. The minimum Gasteiger partial charge on any atom is -0.480 e. The number of carboxylic acid groups (broad SMARTS) is 1. The molecule has 0 aromatic heterocycles. The zero-order valence-electron chi connectivity index (χ0n) is 6.50. The molecular formula is C8H7ClINO2. The topological polar surface area (TPSA) is 63.3 Å². The molecule has 0 radical (unpaired) electrons. The summed E-state index contributed by atoms with van der Waals surface area (Å²) in [5.41, 5.74) is 5.93. The van der Waals surface area contributed by atoms with Crippen LogP contribution < -0.4 is 5.73 Å². The number of hydrogen-bond acceptors (Lipinski definition) is 2. The Morgan fingerprint density at radius 3 is 2.62 bits per heavy atom. The van der Waals surface area contributed by atoms with Gasteiger partial charge in [-0.05, 0) is 46.4 Å². The van der Waals surface area contributed by atoms with Crippen molar-refractivity contribution in [2.24, 2.45) is 5.73 Å². The molecule has 0 bridgehead atoms. The first-order chi connectivity index (χ1) is 6.00. The number of aliphatic carboxylic acids is 1. The summed E-state index contributed by atoms with van der Waals surface area (Å²) < 4.78 is 0.872. The number of hydrogen-bond donors (Lipinski definition) is 2. The maximum absolute atomic E-state index is 10.6. The van der Waals surface area contributed by atoms with Crippen LogP contribution in [-0.2, 0) is 4.79 Å². The lowest BCUT2D eigenvalue weighted by Crippen LogP contribution is -2.20. The second kappa shape index (κ2) is 4.26. The Hall–Kier alpha value is -0.330. The first kappa shape index (κ1) is 10.7. The molecule has 0 heterocycles. The second-order valence-corrected chi connectivity index (χ2v) is 4.20. The molecule has 0 amide bonds. The largest absolute Gasteiger partial charge is 0.480 e. The zero-order chi connectivity index (χ0) is 10.0. The Morgan fingerprint density at radius 1 is 1.54 bits per heavy atom. The highest BCUT2D eigenvalue weighted by Crippen LogP contribution is 2.20. The Bertz CT molecular complexity index is 323. The zero-order valence-corrected chi connectivity index (χ0v) is 9.41. The minimum absolute atomic E-state index is 0.499. The van der Waals surface area contributed by atoms with E-state index in [2.05, 4.69) is 22.6 Å². The van der Waals surface area contributed by atoms with E-state index in [1.165, 1.54) is 0 Å². The van der Waals surface area contributed by atoms with Crippen LogP contribution in [0.4, 0.5) is 0 Å². The Labute approximate surface area is 94.0 Å². The molecule has 70 valence electrons. The van der Waals surface area contributed by atoms with E-state index in [1.54, 1.807) is 18.2 Å². The van der Waals surface area contributed by atoms with Gasteiger partial charge in [0.2, 0.25) is 0 Å². The third-order valence-electron chi connectivity index (χ3n) is 1.51. The summed E-state index contributed by atoms with van der Waals surface area (Å²) >= 11 is 7.80. The van der Waals surface area contributed by atoms with Crippen LogP contribution in [-0.4, -0.2) is 11.1 Å². The van der Waals surface area contributed by atoms with Crippen molar-refractivity contribution in [3.8, 4) is 0 Å². The molecule has 0 saturated carbocycles. The van der Waals surface area contributed by atoms with Crippen molar-refractivity contribution in [1.29, 1.82) is 0 Å². The van der Waals surface area contributed by atoms with E-state index in [1.807, 2.05) is 0 Å². The van der Waals surface area contributed by atoms with Crippen molar-refractivity contribution >= 4 is 40.2 Å². The van der Waals surface area contributed by atoms with Gasteiger partial charge in [0.25, 0.3) is 0 Å². The molecule has 0 spiro atoms. The molecule has 1 atom stereocenters. The third kappa shape index (κ3) is 2.82. The summed E-state index contributed by atoms with van der Waals surface area (Å²) in [6.45, 7) is 0. The molecule has 1 rings (SSSR count). The molecular weight excluding hydrogens is 304 g/mol. The minimum atomic E-state index is -1.06. The molecule has 1 aromatic rings. The van der Waals surface area contributed by atoms with Crippen LogP contribution in [0.25, 0.3) is 0 Å². The van der Waals surface area contributed by atoms with Gasteiger partial charge < -0.3 is 10.8 Å². The molecule has 1 aromatic carbocycles. The third-order valence-corrected chi connectivity index (χ3v) is 2.35. The van der Waals surface area contributed by atoms with Crippen LogP contribution in [0.2, 0.25) is 5.02 Å². The predicted octanol–water partition coefficient (Wildman–Crippen LogP) is 2.03. The molecule has 0 aliphatic rings. The lowest BCUT2D eigenvalue weighted by Gasteiger charge is -2.07. The number of nitrogens with two attached hydrogens (primary N) is 1. The SMILES string of the molecule is N[C@@H](C(=O)O)c1cc(Cl)cc(I)c1. The predicted molar refractivity (Wildman–Crippen MR) is 58.7 cm³/mol. The molecule has 5 heteroatoms. The van der Waals surface area contributed by atoms with Gasteiger partial charge in [-0.25, -0.2) is 0 Å². The van der Waals surface area contributed by atoms with Gasteiger partial charge in [-0.15, -0.1) is 0 Å². The van der Waals surface area contributed by atoms with Crippen LogP contribution >= 0.6 is 34.2 Å². The number of benzene rings is 1. The average Bonchev–Trinajstić information content (AvgIpc) is 2.01. The van der Waals surface area contributed by atoms with Crippen molar-refractivity contribution in [2.45, 2.75) is 6.04 Å². The van der Waals surface area contributed by atoms with E-state index in [0.29, 0.717) is 10.6 Å². The number of carboxylic acids is 1. The fraction of sp³-hybridized carbons (Fsp3) is 0.125. The summed E-state index contributed by atoms with van der Waals surface area (Å²) in [6, 6.07) is 3.99. The number of carbonyl (C=O) groups is 1. The summed E-state index contributed by atoms with van der Waals surface area (Å²) in [7, 11) is 0. The smallest absolute Gasteiger partial charge is 0.325 e. The fourth-order valence-electron chi connectivity index (χ4n) is 0.897. The van der Waals surface area contributed by atoms with Crippen LogP contribution in [0.3, 0.4) is 0 Å². The Morgan fingerprint density at radius 2 is 2.15 bits per heavy atom. The lowest BCUT2D eigenvalue weighted by atomic mass is 10.1. The Kier molecular flexibility index (Phi) is 3.52. The van der Waals surface area contributed by atoms with Crippen molar-refractivity contribution in [3.05, 3.63) is 32.4 Å². The number of halogens is 2. The van der Waals surface area contributed by atoms with E-state index >= 15 is 0 Å². The highest BCUT2D eigenvalue weighted by molar-refractivity contribution is 14.1. The Balaban J connectivity index is 3.07. The second-order valence-electron chi connectivity index (χ2n) is 2.52. The van der Waals surface area contributed by atoms with Gasteiger partial charge in [0.05, 0.1) is 0 Å². The van der Waals surface area contributed by atoms with Gasteiger partial charge in [0.15, 0.2) is 0 Å². The van der Waals surface area contributed by atoms with Crippen molar-refractivity contribution in [1.82, 2.24) is 0 Å². The van der Waals surface area contributed by atoms with Gasteiger partial charge >= 0.3 is 5.97 Å². The molecule has 0 saturated heterocycles. The van der Waals surface area contributed by atoms with Gasteiger partial charge in [0.1, 0.15) is 6.04 Å². The first-order valence-corrected chi connectivity index (χ1v) is 4.91. The highest BCUT2D eigenvalue weighted by atomic mass is 127. The lowest BCUT2D eigenvalue weighted by molar-refractivity contribution is -0.138. The van der Waals surface area contributed by atoms with E-state index in [0.717, 1.165) is 3.57 Å². The molecule has 0 fully saturated rings. The molecule has 0 aliphatic heterocycles. The first-order valence-electron chi connectivity index (χ1n) is 3.45. The van der Waals surface area contributed by atoms with Gasteiger partial charge in [0, 0.05) is 8.59 Å². The summed E-state index contributed by atoms with van der Waals surface area (Å²) in [4.78, 5) is 10.6. The molecule has 3 nitrogen and oxygen atoms in total. The van der Waals surface area contributed by atoms with Crippen LogP contribution in [0.15, 0.2) is 18.2 Å². The molecule has 0 unspecified atom stereocenters. The number of rotatable bonds is 2. The standard InChI is InChI=1S/C8H7ClINO2/c9-5-1-4(2-6(10)3-5)7(11)8(12)13/h1-3,7H,11H2,(H,12,13)/t7-/m1/s1. The summed E-state index contributed by atoms with van der Waals surface area (Å²) in [5, 5.41) is 9.15. The van der Waals surface area contributed by atoms with Crippen molar-refractivity contribution < 1.29 is 9.90 Å². The summed E-state index contributed by atoms with van der Waals surface area (Å²) in [6.07, 6.45) is 0. The fourth-order valence-corrected chi connectivity index (χ4v) is 2.02. The maximum atomic E-state index is 10.6. The molecule has 0 aliphatic carbocycles. The van der Waals surface area contributed by atoms with Gasteiger partial charge in [-0.1, -0.05) is 11.6 Å². The van der Waals surface area contributed by atoms with E-state index < -0.39 is 12.0 Å². The van der Waals surface area contributed by atoms with Gasteiger partial charge in [-0.3, -0.25) is 4.79 Å². The van der Waals surface area contributed by atoms with Crippen LogP contribution in [0, 0.1) is 3.57 Å². The molecule has 13 heavy (non-hydrogen) atoms. The van der Waals surface area contributed by atoms with Gasteiger partial charge in [-0.2, -0.15) is 0 Å². The monoisotopic (exact) mass is 311 g/mol. The average molecular weight is 312 g/mol. The maximum Gasteiger partial charge on any atom is 0.325 e. The van der Waals surface area contributed by atoms with Crippen molar-refractivity contribution in [2.75, 3.05) is 0 Å². The quantitative estimate of drug-likeness (QED) is 0.822. The normalized spacial score (nSPS) is 12.5. The molecule has 3 N–H and O–H groups in total. The van der Waals surface area contributed by atoms with E-state index in [9.17, 15) is 4.79 Å². The van der Waals surface area contributed by atoms with Crippen LogP contribution in [0.5, 0.6) is 0 Å². The van der Waals surface area contributed by atoms with E-state index in [-0.39, 0.29) is 0 Å². The van der Waals surface area contributed by atoms with Crippen LogP contribution in [0.1, 0.15) is 11.6 Å². The van der Waals surface area contributed by atoms with E-state index in [4.69, 9.17) is 22.4 Å².